The van der Waals surface area contributed by atoms with Crippen LogP contribution in [0.1, 0.15) is 17.0 Å². The number of aryl methyl sites for hydroxylation is 1. The van der Waals surface area contributed by atoms with E-state index in [2.05, 4.69) is 26.2 Å². The van der Waals surface area contributed by atoms with E-state index in [4.69, 9.17) is 0 Å². The molecule has 1 amide bonds. The van der Waals surface area contributed by atoms with Crippen LogP contribution in [0, 0.1) is 25.2 Å². The average Bonchev–Trinajstić information content (AvgIpc) is 2.93. The van der Waals surface area contributed by atoms with Crippen LogP contribution in [-0.2, 0) is 4.79 Å². The van der Waals surface area contributed by atoms with Gasteiger partial charge < -0.3 is 9.88 Å². The third-order valence-electron chi connectivity index (χ3n) is 4.12. The fourth-order valence-corrected chi connectivity index (χ4v) is 3.29. The van der Waals surface area contributed by atoms with Gasteiger partial charge in [-0.2, -0.15) is 5.26 Å². The average molecular weight is 421 g/mol. The van der Waals surface area contributed by atoms with Gasteiger partial charge in [-0.1, -0.05) is 22.0 Å². The van der Waals surface area contributed by atoms with Gasteiger partial charge >= 0.3 is 0 Å². The molecule has 0 aliphatic carbocycles. The number of nitrogens with one attached hydrogen (secondary N) is 1. The van der Waals surface area contributed by atoms with Crippen LogP contribution in [0.15, 0.2) is 64.9 Å². The maximum Gasteiger partial charge on any atom is 0.266 e. The lowest BCUT2D eigenvalue weighted by molar-refractivity contribution is -0.112. The number of rotatable bonds is 4. The van der Waals surface area contributed by atoms with E-state index in [0.29, 0.717) is 5.69 Å². The van der Waals surface area contributed by atoms with Crippen LogP contribution in [0.4, 0.5) is 5.69 Å². The van der Waals surface area contributed by atoms with Crippen LogP contribution in [0.25, 0.3) is 11.8 Å². The zero-order valence-electron chi connectivity index (χ0n) is 14.9. The smallest absolute Gasteiger partial charge is 0.266 e. The summed E-state index contributed by atoms with van der Waals surface area (Å²) in [6, 6.07) is 15.0. The number of carbonyl (C=O) groups excluding carboxylic acids is 1. The number of hydrogen-bond acceptors (Lipinski definition) is 3. The Morgan fingerprint density at radius 3 is 2.74 bits per heavy atom. The van der Waals surface area contributed by atoms with Gasteiger partial charge in [0, 0.05) is 27.7 Å². The Morgan fingerprint density at radius 2 is 2.07 bits per heavy atom. The van der Waals surface area contributed by atoms with Crippen molar-refractivity contribution in [1.29, 1.82) is 5.26 Å². The van der Waals surface area contributed by atoms with Crippen molar-refractivity contribution in [3.05, 3.63) is 81.9 Å². The molecule has 6 heteroatoms. The van der Waals surface area contributed by atoms with Gasteiger partial charge in [-0.3, -0.25) is 9.78 Å². The molecule has 0 atom stereocenters. The first-order chi connectivity index (χ1) is 13.0. The Kier molecular flexibility index (Phi) is 5.53. The monoisotopic (exact) mass is 420 g/mol. The van der Waals surface area contributed by atoms with Gasteiger partial charge in [-0.15, -0.1) is 0 Å². The molecule has 0 bridgehead atoms. The molecule has 2 aromatic heterocycles. The van der Waals surface area contributed by atoms with Crippen molar-refractivity contribution >= 4 is 33.6 Å². The normalized spacial score (nSPS) is 11.1. The molecular formula is C21H17BrN4O. The molecule has 27 heavy (non-hydrogen) atoms. The van der Waals surface area contributed by atoms with E-state index in [0.717, 1.165) is 27.1 Å². The topological polar surface area (TPSA) is 70.7 Å². The van der Waals surface area contributed by atoms with Crippen LogP contribution in [0.2, 0.25) is 0 Å². The van der Waals surface area contributed by atoms with Crippen molar-refractivity contribution in [2.24, 2.45) is 0 Å². The number of aromatic nitrogens is 2. The Balaban J connectivity index is 1.92. The quantitative estimate of drug-likeness (QED) is 0.486. The predicted octanol–water partition coefficient (Wildman–Crippen LogP) is 4.80. The molecule has 3 rings (SSSR count). The van der Waals surface area contributed by atoms with Crippen LogP contribution in [-0.4, -0.2) is 15.5 Å². The molecule has 3 aromatic rings. The lowest BCUT2D eigenvalue weighted by atomic mass is 10.1. The minimum Gasteiger partial charge on any atom is -0.321 e. The summed E-state index contributed by atoms with van der Waals surface area (Å²) in [5.41, 5.74) is 4.35. The second kappa shape index (κ2) is 8.02. The summed E-state index contributed by atoms with van der Waals surface area (Å²) in [7, 11) is 0. The Morgan fingerprint density at radius 1 is 1.26 bits per heavy atom. The zero-order chi connectivity index (χ0) is 19.4. The largest absolute Gasteiger partial charge is 0.321 e. The van der Waals surface area contributed by atoms with Crippen molar-refractivity contribution in [2.75, 3.05) is 5.32 Å². The molecule has 134 valence electrons. The van der Waals surface area contributed by atoms with Gasteiger partial charge in [0.2, 0.25) is 0 Å². The highest BCUT2D eigenvalue weighted by atomic mass is 79.9. The molecule has 2 heterocycles. The van der Waals surface area contributed by atoms with Gasteiger partial charge in [-0.25, -0.2) is 0 Å². The zero-order valence-corrected chi connectivity index (χ0v) is 16.5. The Labute approximate surface area is 166 Å². The molecule has 0 radical (unpaired) electrons. The third kappa shape index (κ3) is 4.15. The molecule has 0 fully saturated rings. The molecule has 0 aliphatic rings. The van der Waals surface area contributed by atoms with Crippen molar-refractivity contribution < 1.29 is 4.79 Å². The molecule has 0 unspecified atom stereocenters. The maximum absolute atomic E-state index is 12.5. The Hall–Kier alpha value is -3.17. The van der Waals surface area contributed by atoms with E-state index in [9.17, 15) is 10.1 Å². The van der Waals surface area contributed by atoms with Crippen molar-refractivity contribution in [2.45, 2.75) is 13.8 Å². The number of pyridine rings is 1. The number of amides is 1. The molecule has 0 saturated heterocycles. The standard InChI is InChI=1S/C21H17BrN4O/c1-14-9-16(15(2)26(14)20-7-4-8-24-13-20)10-17(12-23)21(27)25-19-6-3-5-18(22)11-19/h3-11,13H,1-2H3,(H,25,27)/b17-10-. The van der Waals surface area contributed by atoms with Crippen molar-refractivity contribution in [3.8, 4) is 11.8 Å². The van der Waals surface area contributed by atoms with Gasteiger partial charge in [0.15, 0.2) is 0 Å². The van der Waals surface area contributed by atoms with Gasteiger partial charge in [0.05, 0.1) is 11.9 Å². The SMILES string of the molecule is Cc1cc(/C=C(/C#N)C(=O)Nc2cccc(Br)c2)c(C)n1-c1cccnc1. The first kappa shape index (κ1) is 18.6. The first-order valence-electron chi connectivity index (χ1n) is 8.27. The molecular weight excluding hydrogens is 404 g/mol. The molecule has 1 aromatic carbocycles. The minimum atomic E-state index is -0.443. The van der Waals surface area contributed by atoms with Crippen LogP contribution < -0.4 is 5.32 Å². The van der Waals surface area contributed by atoms with Crippen LogP contribution in [0.3, 0.4) is 0 Å². The number of nitrogens with zero attached hydrogens (tertiary/aromatic N) is 3. The lowest BCUT2D eigenvalue weighted by Gasteiger charge is -2.08. The third-order valence-corrected chi connectivity index (χ3v) is 4.62. The second-order valence-electron chi connectivity index (χ2n) is 6.01. The lowest BCUT2D eigenvalue weighted by Crippen LogP contribution is -2.13. The highest BCUT2D eigenvalue weighted by Crippen LogP contribution is 2.23. The minimum absolute atomic E-state index is 0.0430. The van der Waals surface area contributed by atoms with Crippen LogP contribution >= 0.6 is 15.9 Å². The Bertz CT molecular complexity index is 1060. The molecule has 0 saturated carbocycles. The van der Waals surface area contributed by atoms with Crippen molar-refractivity contribution in [1.82, 2.24) is 9.55 Å². The van der Waals surface area contributed by atoms with E-state index in [-0.39, 0.29) is 5.57 Å². The number of carbonyl (C=O) groups is 1. The van der Waals surface area contributed by atoms with E-state index in [1.165, 1.54) is 0 Å². The van der Waals surface area contributed by atoms with Gasteiger partial charge in [-0.05, 0) is 61.9 Å². The molecule has 0 aliphatic heterocycles. The van der Waals surface area contributed by atoms with Gasteiger partial charge in [0.25, 0.3) is 5.91 Å². The summed E-state index contributed by atoms with van der Waals surface area (Å²) >= 11 is 3.36. The fraction of sp³-hybridized carbons (Fsp3) is 0.0952. The maximum atomic E-state index is 12.5. The summed E-state index contributed by atoms with van der Waals surface area (Å²) in [6.07, 6.45) is 5.11. The molecule has 0 spiro atoms. The predicted molar refractivity (Wildman–Crippen MR) is 109 cm³/mol. The summed E-state index contributed by atoms with van der Waals surface area (Å²) in [5.74, 6) is -0.443. The molecule has 1 N–H and O–H groups in total. The van der Waals surface area contributed by atoms with Gasteiger partial charge in [0.1, 0.15) is 11.6 Å². The number of halogens is 1. The number of nitriles is 1. The highest BCUT2D eigenvalue weighted by Gasteiger charge is 2.14. The summed E-state index contributed by atoms with van der Waals surface area (Å²) in [6.45, 7) is 3.93. The fourth-order valence-electron chi connectivity index (χ4n) is 2.89. The van der Waals surface area contributed by atoms with E-state index in [1.54, 1.807) is 30.6 Å². The van der Waals surface area contributed by atoms with Crippen LogP contribution in [0.5, 0.6) is 0 Å². The van der Waals surface area contributed by atoms with Crippen molar-refractivity contribution in [3.63, 3.8) is 0 Å². The highest BCUT2D eigenvalue weighted by molar-refractivity contribution is 9.10. The number of benzene rings is 1. The number of anilines is 1. The second-order valence-corrected chi connectivity index (χ2v) is 6.92. The summed E-state index contributed by atoms with van der Waals surface area (Å²) in [4.78, 5) is 16.7. The van der Waals surface area contributed by atoms with E-state index in [1.807, 2.05) is 54.8 Å². The molecule has 5 nitrogen and oxygen atoms in total. The first-order valence-corrected chi connectivity index (χ1v) is 9.07. The summed E-state index contributed by atoms with van der Waals surface area (Å²) < 4.78 is 2.89. The summed E-state index contributed by atoms with van der Waals surface area (Å²) in [5, 5.41) is 12.2. The van der Waals surface area contributed by atoms with E-state index < -0.39 is 5.91 Å². The number of hydrogen-bond donors (Lipinski definition) is 1. The van der Waals surface area contributed by atoms with E-state index >= 15 is 0 Å².